The number of phenolic OH excluding ortho intramolecular Hbond substituents is 1. The summed E-state index contributed by atoms with van der Waals surface area (Å²) in [5.74, 6) is 0.773. The number of aryl methyl sites for hydroxylation is 1. The monoisotopic (exact) mass is 255 g/mol. The number of fused-ring (bicyclic) bond motifs is 1. The number of aromatic hydroxyl groups is 1. The molecular weight excluding hydrogens is 242 g/mol. The maximum Gasteiger partial charge on any atom is 0.155 e. The van der Waals surface area contributed by atoms with E-state index in [0.717, 1.165) is 22.6 Å². The second-order valence-corrected chi connectivity index (χ2v) is 4.23. The van der Waals surface area contributed by atoms with E-state index in [1.54, 1.807) is 31.6 Å². The predicted octanol–water partition coefficient (Wildman–Crippen LogP) is 2.42. The number of methoxy groups -OCH3 is 1. The SMILES string of the molecule is COc1cc(O)ccc1-c1c(C)ncc2nccn12. The number of benzene rings is 1. The number of hydrogen-bond acceptors (Lipinski definition) is 4. The van der Waals surface area contributed by atoms with Crippen LogP contribution in [-0.2, 0) is 0 Å². The molecule has 0 saturated heterocycles. The molecule has 0 unspecified atom stereocenters. The van der Waals surface area contributed by atoms with Crippen molar-refractivity contribution in [2.75, 3.05) is 7.11 Å². The Morgan fingerprint density at radius 1 is 1.26 bits per heavy atom. The molecule has 0 radical (unpaired) electrons. The zero-order valence-corrected chi connectivity index (χ0v) is 10.7. The van der Waals surface area contributed by atoms with Crippen molar-refractivity contribution in [3.63, 3.8) is 0 Å². The van der Waals surface area contributed by atoms with Gasteiger partial charge in [0.2, 0.25) is 0 Å². The van der Waals surface area contributed by atoms with Gasteiger partial charge in [0.25, 0.3) is 0 Å². The van der Waals surface area contributed by atoms with Crippen LogP contribution in [0.2, 0.25) is 0 Å². The summed E-state index contributed by atoms with van der Waals surface area (Å²) in [6.45, 7) is 1.93. The van der Waals surface area contributed by atoms with Gasteiger partial charge in [0, 0.05) is 24.0 Å². The van der Waals surface area contributed by atoms with Gasteiger partial charge in [-0.2, -0.15) is 0 Å². The zero-order valence-electron chi connectivity index (χ0n) is 10.7. The van der Waals surface area contributed by atoms with Crippen LogP contribution < -0.4 is 4.74 Å². The Kier molecular flexibility index (Phi) is 2.59. The molecule has 0 aliphatic carbocycles. The molecule has 2 heterocycles. The van der Waals surface area contributed by atoms with E-state index < -0.39 is 0 Å². The molecule has 3 aromatic rings. The van der Waals surface area contributed by atoms with E-state index in [1.807, 2.05) is 23.6 Å². The van der Waals surface area contributed by atoms with Gasteiger partial charge in [0.05, 0.1) is 24.7 Å². The molecular formula is C14H13N3O2. The maximum atomic E-state index is 9.54. The van der Waals surface area contributed by atoms with Gasteiger partial charge in [-0.1, -0.05) is 0 Å². The van der Waals surface area contributed by atoms with Crippen LogP contribution in [0.3, 0.4) is 0 Å². The lowest BCUT2D eigenvalue weighted by molar-refractivity contribution is 0.409. The van der Waals surface area contributed by atoms with Crippen molar-refractivity contribution in [3.8, 4) is 22.8 Å². The minimum atomic E-state index is 0.170. The number of aromatic nitrogens is 3. The lowest BCUT2D eigenvalue weighted by Gasteiger charge is -2.12. The maximum absolute atomic E-state index is 9.54. The number of phenols is 1. The second kappa shape index (κ2) is 4.28. The molecule has 2 aromatic heterocycles. The fourth-order valence-electron chi connectivity index (χ4n) is 2.19. The second-order valence-electron chi connectivity index (χ2n) is 4.23. The Labute approximate surface area is 110 Å². The molecule has 0 saturated carbocycles. The van der Waals surface area contributed by atoms with Crippen molar-refractivity contribution in [1.82, 2.24) is 14.4 Å². The average molecular weight is 255 g/mol. The third kappa shape index (κ3) is 1.79. The highest BCUT2D eigenvalue weighted by molar-refractivity contribution is 5.72. The first-order valence-corrected chi connectivity index (χ1v) is 5.87. The molecule has 0 atom stereocenters. The normalized spacial score (nSPS) is 10.8. The summed E-state index contributed by atoms with van der Waals surface area (Å²) >= 11 is 0. The number of hydrogen-bond donors (Lipinski definition) is 1. The molecule has 0 spiro atoms. The van der Waals surface area contributed by atoms with Crippen LogP contribution in [0.1, 0.15) is 5.69 Å². The highest BCUT2D eigenvalue weighted by Gasteiger charge is 2.14. The smallest absolute Gasteiger partial charge is 0.155 e. The molecule has 0 fully saturated rings. The van der Waals surface area contributed by atoms with Crippen LogP contribution in [0.4, 0.5) is 0 Å². The summed E-state index contributed by atoms with van der Waals surface area (Å²) in [6.07, 6.45) is 5.34. The Morgan fingerprint density at radius 3 is 2.89 bits per heavy atom. The van der Waals surface area contributed by atoms with Crippen molar-refractivity contribution < 1.29 is 9.84 Å². The first-order chi connectivity index (χ1) is 9.20. The topological polar surface area (TPSA) is 59.7 Å². The van der Waals surface area contributed by atoms with Gasteiger partial charge >= 0.3 is 0 Å². The number of nitrogens with zero attached hydrogens (tertiary/aromatic N) is 3. The molecule has 0 amide bonds. The first kappa shape index (κ1) is 11.5. The summed E-state index contributed by atoms with van der Waals surface area (Å²) in [7, 11) is 1.58. The van der Waals surface area contributed by atoms with Crippen LogP contribution in [0.15, 0.2) is 36.8 Å². The molecule has 0 bridgehead atoms. The first-order valence-electron chi connectivity index (χ1n) is 5.87. The van der Waals surface area contributed by atoms with Gasteiger partial charge in [-0.15, -0.1) is 0 Å². The number of ether oxygens (including phenoxy) is 1. The Morgan fingerprint density at radius 2 is 2.11 bits per heavy atom. The van der Waals surface area contributed by atoms with Gasteiger partial charge in [-0.05, 0) is 19.1 Å². The van der Waals surface area contributed by atoms with Crippen molar-refractivity contribution in [1.29, 1.82) is 0 Å². The van der Waals surface area contributed by atoms with Crippen LogP contribution in [0, 0.1) is 6.92 Å². The molecule has 96 valence electrons. The van der Waals surface area contributed by atoms with E-state index in [1.165, 1.54) is 0 Å². The highest BCUT2D eigenvalue weighted by atomic mass is 16.5. The van der Waals surface area contributed by atoms with Crippen LogP contribution in [-0.4, -0.2) is 26.6 Å². The standard InChI is InChI=1S/C14H13N3O2/c1-9-14(17-6-5-15-13(17)8-16-9)11-4-3-10(18)7-12(11)19-2/h3-8,18H,1-2H3. The van der Waals surface area contributed by atoms with Gasteiger partial charge in [-0.3, -0.25) is 9.38 Å². The Bertz CT molecular complexity index is 750. The van der Waals surface area contributed by atoms with Crippen molar-refractivity contribution in [2.45, 2.75) is 6.92 Å². The quantitative estimate of drug-likeness (QED) is 0.764. The van der Waals surface area contributed by atoms with Crippen molar-refractivity contribution in [3.05, 3.63) is 42.5 Å². The van der Waals surface area contributed by atoms with Gasteiger partial charge < -0.3 is 9.84 Å². The number of imidazole rings is 1. The van der Waals surface area contributed by atoms with E-state index in [4.69, 9.17) is 4.74 Å². The summed E-state index contributed by atoms with van der Waals surface area (Å²) in [6, 6.07) is 5.04. The van der Waals surface area contributed by atoms with Crippen LogP contribution in [0.5, 0.6) is 11.5 Å². The fraction of sp³-hybridized carbons (Fsp3) is 0.143. The summed E-state index contributed by atoms with van der Waals surface area (Å²) < 4.78 is 7.30. The minimum absolute atomic E-state index is 0.170. The molecule has 19 heavy (non-hydrogen) atoms. The fourth-order valence-corrected chi connectivity index (χ4v) is 2.19. The third-order valence-electron chi connectivity index (χ3n) is 3.07. The van der Waals surface area contributed by atoms with E-state index in [-0.39, 0.29) is 5.75 Å². The van der Waals surface area contributed by atoms with Gasteiger partial charge in [-0.25, -0.2) is 4.98 Å². The summed E-state index contributed by atoms with van der Waals surface area (Å²) in [5, 5.41) is 9.54. The van der Waals surface area contributed by atoms with E-state index in [0.29, 0.717) is 5.75 Å². The molecule has 5 heteroatoms. The van der Waals surface area contributed by atoms with Crippen LogP contribution in [0.25, 0.3) is 16.9 Å². The molecule has 0 aliphatic rings. The molecule has 1 aromatic carbocycles. The predicted molar refractivity (Wildman–Crippen MR) is 71.4 cm³/mol. The van der Waals surface area contributed by atoms with Gasteiger partial charge in [0.15, 0.2) is 5.65 Å². The lowest BCUT2D eigenvalue weighted by atomic mass is 10.1. The van der Waals surface area contributed by atoms with E-state index >= 15 is 0 Å². The summed E-state index contributed by atoms with van der Waals surface area (Å²) in [4.78, 5) is 8.58. The van der Waals surface area contributed by atoms with E-state index in [9.17, 15) is 5.11 Å². The Hall–Kier alpha value is -2.56. The molecule has 5 nitrogen and oxygen atoms in total. The zero-order chi connectivity index (χ0) is 13.4. The van der Waals surface area contributed by atoms with Crippen molar-refractivity contribution in [2.24, 2.45) is 0 Å². The third-order valence-corrected chi connectivity index (χ3v) is 3.07. The number of rotatable bonds is 2. The van der Waals surface area contributed by atoms with Gasteiger partial charge in [0.1, 0.15) is 11.5 Å². The van der Waals surface area contributed by atoms with Crippen molar-refractivity contribution >= 4 is 5.65 Å². The highest BCUT2D eigenvalue weighted by Crippen LogP contribution is 2.34. The van der Waals surface area contributed by atoms with Crippen LogP contribution >= 0.6 is 0 Å². The minimum Gasteiger partial charge on any atom is -0.508 e. The largest absolute Gasteiger partial charge is 0.508 e. The molecule has 1 N–H and O–H groups in total. The molecule has 0 aliphatic heterocycles. The molecule has 3 rings (SSSR count). The van der Waals surface area contributed by atoms with E-state index in [2.05, 4.69) is 9.97 Å². The summed E-state index contributed by atoms with van der Waals surface area (Å²) in [5.41, 5.74) is 3.42. The average Bonchev–Trinajstić information content (AvgIpc) is 2.87. The Balaban J connectivity index is 2.35. The lowest BCUT2D eigenvalue weighted by Crippen LogP contribution is -1.99.